The number of aryl methyl sites for hydroxylation is 1. The lowest BCUT2D eigenvalue weighted by molar-refractivity contribution is -0.645. The molecular formula is C28H39N2O2+. The van der Waals surface area contributed by atoms with E-state index in [-0.39, 0.29) is 5.92 Å². The standard InChI is InChI=1S/C18H24N2O2.C10H14/c1-19-13-16-12-17(20-22-16)18(21,14-8-4-2-5-9-14)15-10-6-3-7-11-15;1-2-3-7-10-8-5-4-6-9-10/h2,4-5,8-9,12,15,19,21H,3,6-7,10-11,13H2,1H3;4-6,8-9H,2-3,7H2,1H3/p+1. The molecule has 1 atom stereocenters. The third-order valence-electron chi connectivity index (χ3n) is 6.43. The first-order valence-corrected chi connectivity index (χ1v) is 12.2. The van der Waals surface area contributed by atoms with Gasteiger partial charge in [0.05, 0.1) is 7.05 Å². The van der Waals surface area contributed by atoms with Crippen molar-refractivity contribution in [3.8, 4) is 0 Å². The Morgan fingerprint density at radius 1 is 1.00 bits per heavy atom. The Bertz CT molecular complexity index is 888. The molecule has 1 saturated carbocycles. The van der Waals surface area contributed by atoms with E-state index < -0.39 is 5.60 Å². The summed E-state index contributed by atoms with van der Waals surface area (Å²) in [6.07, 6.45) is 9.51. The van der Waals surface area contributed by atoms with E-state index in [0.717, 1.165) is 30.7 Å². The Hall–Kier alpha value is -2.43. The van der Waals surface area contributed by atoms with Crippen LogP contribution in [0.3, 0.4) is 0 Å². The molecule has 1 aromatic heterocycles. The molecule has 0 spiro atoms. The molecule has 1 aliphatic rings. The lowest BCUT2D eigenvalue weighted by Gasteiger charge is -2.37. The number of aliphatic hydroxyl groups is 1. The molecule has 1 unspecified atom stereocenters. The van der Waals surface area contributed by atoms with Gasteiger partial charge in [-0.15, -0.1) is 0 Å². The monoisotopic (exact) mass is 435 g/mol. The Balaban J connectivity index is 0.000000243. The van der Waals surface area contributed by atoms with Crippen LogP contribution in [-0.4, -0.2) is 17.3 Å². The number of hydrogen-bond acceptors (Lipinski definition) is 3. The fourth-order valence-electron chi connectivity index (χ4n) is 4.62. The number of benzene rings is 2. The van der Waals surface area contributed by atoms with E-state index in [1.54, 1.807) is 0 Å². The molecule has 3 aromatic rings. The van der Waals surface area contributed by atoms with Crippen molar-refractivity contribution in [2.24, 2.45) is 5.92 Å². The maximum Gasteiger partial charge on any atom is 0.191 e. The maximum absolute atomic E-state index is 11.6. The van der Waals surface area contributed by atoms with Crippen molar-refractivity contribution >= 4 is 0 Å². The van der Waals surface area contributed by atoms with Gasteiger partial charge < -0.3 is 14.9 Å². The van der Waals surface area contributed by atoms with E-state index in [0.29, 0.717) is 5.69 Å². The fraction of sp³-hybridized carbons (Fsp3) is 0.464. The smallest absolute Gasteiger partial charge is 0.191 e. The highest BCUT2D eigenvalue weighted by Gasteiger charge is 2.43. The van der Waals surface area contributed by atoms with Gasteiger partial charge in [0.25, 0.3) is 0 Å². The lowest BCUT2D eigenvalue weighted by atomic mass is 9.71. The minimum Gasteiger partial charge on any atom is -0.378 e. The van der Waals surface area contributed by atoms with Crippen LogP contribution in [0.1, 0.15) is 74.5 Å². The van der Waals surface area contributed by atoms with Crippen molar-refractivity contribution in [1.29, 1.82) is 0 Å². The van der Waals surface area contributed by atoms with Crippen molar-refractivity contribution in [3.05, 3.63) is 89.3 Å². The molecule has 2 aromatic carbocycles. The number of unbranched alkanes of at least 4 members (excludes halogenated alkanes) is 1. The molecule has 32 heavy (non-hydrogen) atoms. The van der Waals surface area contributed by atoms with Gasteiger partial charge in [-0.3, -0.25) is 0 Å². The van der Waals surface area contributed by atoms with Crippen molar-refractivity contribution < 1.29 is 14.9 Å². The zero-order valence-electron chi connectivity index (χ0n) is 19.7. The quantitative estimate of drug-likeness (QED) is 0.510. The highest BCUT2D eigenvalue weighted by atomic mass is 16.5. The molecule has 0 aliphatic heterocycles. The summed E-state index contributed by atoms with van der Waals surface area (Å²) in [7, 11) is 1.99. The third-order valence-corrected chi connectivity index (χ3v) is 6.43. The molecular weight excluding hydrogens is 396 g/mol. The van der Waals surface area contributed by atoms with Gasteiger partial charge in [-0.25, -0.2) is 0 Å². The van der Waals surface area contributed by atoms with Crippen molar-refractivity contribution in [1.82, 2.24) is 5.16 Å². The van der Waals surface area contributed by atoms with Crippen LogP contribution in [0.2, 0.25) is 0 Å². The van der Waals surface area contributed by atoms with Crippen molar-refractivity contribution in [3.63, 3.8) is 0 Å². The topological polar surface area (TPSA) is 62.9 Å². The van der Waals surface area contributed by atoms with E-state index >= 15 is 0 Å². The summed E-state index contributed by atoms with van der Waals surface area (Å²) in [5, 5.41) is 17.9. The molecule has 0 saturated heterocycles. The molecule has 0 bridgehead atoms. The number of nitrogens with zero attached hydrogens (tertiary/aromatic N) is 1. The van der Waals surface area contributed by atoms with Gasteiger partial charge >= 0.3 is 0 Å². The van der Waals surface area contributed by atoms with Crippen LogP contribution in [0.4, 0.5) is 0 Å². The molecule has 1 aliphatic carbocycles. The molecule has 1 heterocycles. The summed E-state index contributed by atoms with van der Waals surface area (Å²) in [5.41, 5.74) is 1.99. The minimum absolute atomic E-state index is 0.201. The lowest BCUT2D eigenvalue weighted by Crippen LogP contribution is -2.77. The Morgan fingerprint density at radius 3 is 2.28 bits per heavy atom. The molecule has 1 fully saturated rings. The van der Waals surface area contributed by atoms with Crippen LogP contribution in [-0.2, 0) is 18.6 Å². The van der Waals surface area contributed by atoms with E-state index in [9.17, 15) is 5.11 Å². The SMILES string of the molecule is CCCCc1ccccc1.C[NH2+]Cc1cc(C(O)(c2ccccc2)C2CCCCC2)no1. The minimum atomic E-state index is -1.04. The van der Waals surface area contributed by atoms with Gasteiger partial charge in [0.1, 0.15) is 17.8 Å². The molecule has 3 N–H and O–H groups in total. The van der Waals surface area contributed by atoms with Crippen LogP contribution in [0.25, 0.3) is 0 Å². The zero-order chi connectivity index (χ0) is 22.7. The molecule has 4 heteroatoms. The second-order valence-corrected chi connectivity index (χ2v) is 8.85. The Morgan fingerprint density at radius 2 is 1.66 bits per heavy atom. The number of nitrogens with two attached hydrogens (primary N) is 1. The summed E-state index contributed by atoms with van der Waals surface area (Å²) in [6, 6.07) is 22.5. The number of hydrogen-bond donors (Lipinski definition) is 2. The third kappa shape index (κ3) is 6.30. The highest BCUT2D eigenvalue weighted by Crippen LogP contribution is 2.43. The van der Waals surface area contributed by atoms with E-state index in [1.165, 1.54) is 44.1 Å². The molecule has 4 nitrogen and oxygen atoms in total. The number of aromatic nitrogens is 1. The van der Waals surface area contributed by atoms with Gasteiger partial charge in [0.2, 0.25) is 0 Å². The average Bonchev–Trinajstić information content (AvgIpc) is 3.34. The summed E-state index contributed by atoms with van der Waals surface area (Å²) >= 11 is 0. The van der Waals surface area contributed by atoms with Crippen LogP contribution in [0.5, 0.6) is 0 Å². The Labute approximate surface area is 193 Å². The summed E-state index contributed by atoms with van der Waals surface area (Å²) in [4.78, 5) is 0. The molecule has 0 amide bonds. The van der Waals surface area contributed by atoms with Gasteiger partial charge in [0.15, 0.2) is 5.76 Å². The normalized spacial score (nSPS) is 16.1. The largest absolute Gasteiger partial charge is 0.378 e. The summed E-state index contributed by atoms with van der Waals surface area (Å²) in [5.74, 6) is 1.01. The predicted octanol–water partition coefficient (Wildman–Crippen LogP) is 5.21. The van der Waals surface area contributed by atoms with Gasteiger partial charge in [0, 0.05) is 6.07 Å². The molecule has 4 rings (SSSR count). The summed E-state index contributed by atoms with van der Waals surface area (Å²) < 4.78 is 5.42. The van der Waals surface area contributed by atoms with Gasteiger partial charge in [-0.2, -0.15) is 0 Å². The molecule has 172 valence electrons. The van der Waals surface area contributed by atoms with E-state index in [4.69, 9.17) is 4.52 Å². The highest BCUT2D eigenvalue weighted by molar-refractivity contribution is 5.33. The van der Waals surface area contributed by atoms with Crippen LogP contribution >= 0.6 is 0 Å². The fourth-order valence-corrected chi connectivity index (χ4v) is 4.62. The molecule has 0 radical (unpaired) electrons. The number of rotatable bonds is 8. The number of quaternary nitrogens is 1. The van der Waals surface area contributed by atoms with Crippen molar-refractivity contribution in [2.45, 2.75) is 70.4 Å². The zero-order valence-corrected chi connectivity index (χ0v) is 19.7. The van der Waals surface area contributed by atoms with Crippen LogP contribution < -0.4 is 5.32 Å². The maximum atomic E-state index is 11.6. The van der Waals surface area contributed by atoms with Crippen LogP contribution in [0.15, 0.2) is 71.3 Å². The van der Waals surface area contributed by atoms with Gasteiger partial charge in [-0.05, 0) is 42.7 Å². The van der Waals surface area contributed by atoms with Gasteiger partial charge in [-0.1, -0.05) is 98.4 Å². The first-order chi connectivity index (χ1) is 15.7. The Kier molecular flexibility index (Phi) is 9.51. The predicted molar refractivity (Wildman–Crippen MR) is 129 cm³/mol. The van der Waals surface area contributed by atoms with E-state index in [1.807, 2.05) is 48.8 Å². The van der Waals surface area contributed by atoms with Crippen LogP contribution in [0, 0.1) is 5.92 Å². The first-order valence-electron chi connectivity index (χ1n) is 12.2. The second kappa shape index (κ2) is 12.6. The van der Waals surface area contributed by atoms with E-state index in [2.05, 4.69) is 42.4 Å². The second-order valence-electron chi connectivity index (χ2n) is 8.85. The van der Waals surface area contributed by atoms with Crippen molar-refractivity contribution in [2.75, 3.05) is 7.05 Å². The summed E-state index contributed by atoms with van der Waals surface area (Å²) in [6.45, 7) is 2.96. The average molecular weight is 436 g/mol. The first kappa shape index (κ1) is 24.2.